The maximum absolute atomic E-state index is 12.4. The van der Waals surface area contributed by atoms with Gasteiger partial charge in [-0.25, -0.2) is 0 Å². The van der Waals surface area contributed by atoms with Gasteiger partial charge in [-0.15, -0.1) is 0 Å². The average Bonchev–Trinajstić information content (AvgIpc) is 2.26. The summed E-state index contributed by atoms with van der Waals surface area (Å²) in [7, 11) is 0. The lowest BCUT2D eigenvalue weighted by molar-refractivity contribution is -0.119. The molecule has 0 unspecified atom stereocenters. The van der Waals surface area contributed by atoms with Gasteiger partial charge in [0.25, 0.3) is 0 Å². The molecule has 0 aliphatic carbocycles. The molecule has 0 aromatic heterocycles. The van der Waals surface area contributed by atoms with E-state index in [9.17, 15) is 13.2 Å². The van der Waals surface area contributed by atoms with Gasteiger partial charge in [0, 0.05) is 12.2 Å². The van der Waals surface area contributed by atoms with Crippen molar-refractivity contribution >= 4 is 11.4 Å². The van der Waals surface area contributed by atoms with Crippen LogP contribution < -0.4 is 10.6 Å². The van der Waals surface area contributed by atoms with Gasteiger partial charge in [0.2, 0.25) is 0 Å². The van der Waals surface area contributed by atoms with Crippen molar-refractivity contribution in [1.82, 2.24) is 0 Å². The SMILES string of the molecule is CCCN(CC(F)(F)F)c1ccc(C#N)c(N)c1. The van der Waals surface area contributed by atoms with Crippen LogP contribution in [0.5, 0.6) is 0 Å². The molecule has 6 heteroatoms. The molecular formula is C12H14F3N3. The third-order valence-corrected chi connectivity index (χ3v) is 2.38. The second-order valence-corrected chi connectivity index (χ2v) is 3.92. The number of hydrogen-bond acceptors (Lipinski definition) is 3. The molecule has 1 rings (SSSR count). The van der Waals surface area contributed by atoms with Gasteiger partial charge in [-0.05, 0) is 24.6 Å². The van der Waals surface area contributed by atoms with Crippen molar-refractivity contribution in [2.24, 2.45) is 0 Å². The molecule has 0 saturated carbocycles. The Hall–Kier alpha value is -1.90. The lowest BCUT2D eigenvalue weighted by Gasteiger charge is -2.25. The lowest BCUT2D eigenvalue weighted by Crippen LogP contribution is -2.34. The summed E-state index contributed by atoms with van der Waals surface area (Å²) in [5, 5.41) is 8.71. The Morgan fingerprint density at radius 3 is 2.50 bits per heavy atom. The largest absolute Gasteiger partial charge is 0.405 e. The topological polar surface area (TPSA) is 53.0 Å². The second kappa shape index (κ2) is 5.63. The first kappa shape index (κ1) is 14.2. The molecule has 0 heterocycles. The number of benzene rings is 1. The number of nitriles is 1. The van der Waals surface area contributed by atoms with Gasteiger partial charge in [-0.2, -0.15) is 18.4 Å². The van der Waals surface area contributed by atoms with Gasteiger partial charge >= 0.3 is 6.18 Å². The number of nitrogen functional groups attached to an aromatic ring is 1. The van der Waals surface area contributed by atoms with Gasteiger partial charge in [0.15, 0.2) is 0 Å². The summed E-state index contributed by atoms with van der Waals surface area (Å²) in [5.74, 6) is 0. The summed E-state index contributed by atoms with van der Waals surface area (Å²) in [6.07, 6.45) is -3.67. The molecule has 0 saturated heterocycles. The van der Waals surface area contributed by atoms with E-state index >= 15 is 0 Å². The van der Waals surface area contributed by atoms with Crippen molar-refractivity contribution in [3.8, 4) is 6.07 Å². The molecule has 0 spiro atoms. The molecular weight excluding hydrogens is 243 g/mol. The Labute approximate surface area is 104 Å². The fraction of sp³-hybridized carbons (Fsp3) is 0.417. The lowest BCUT2D eigenvalue weighted by atomic mass is 10.1. The van der Waals surface area contributed by atoms with Crippen LogP contribution in [0.4, 0.5) is 24.5 Å². The monoisotopic (exact) mass is 257 g/mol. The van der Waals surface area contributed by atoms with Crippen LogP contribution >= 0.6 is 0 Å². The molecule has 3 nitrogen and oxygen atoms in total. The Bertz CT molecular complexity index is 449. The van der Waals surface area contributed by atoms with Crippen LogP contribution in [0, 0.1) is 11.3 Å². The zero-order valence-corrected chi connectivity index (χ0v) is 9.96. The maximum Gasteiger partial charge on any atom is 0.405 e. The molecule has 2 N–H and O–H groups in total. The van der Waals surface area contributed by atoms with E-state index in [0.29, 0.717) is 12.1 Å². The molecule has 0 amide bonds. The van der Waals surface area contributed by atoms with Crippen LogP contribution in [0.15, 0.2) is 18.2 Å². The highest BCUT2D eigenvalue weighted by atomic mass is 19.4. The highest BCUT2D eigenvalue weighted by molar-refractivity contribution is 5.63. The van der Waals surface area contributed by atoms with E-state index in [4.69, 9.17) is 11.0 Å². The predicted octanol–water partition coefficient (Wildman–Crippen LogP) is 2.92. The Balaban J connectivity index is 2.99. The van der Waals surface area contributed by atoms with E-state index in [0.717, 1.165) is 0 Å². The van der Waals surface area contributed by atoms with E-state index in [1.807, 2.05) is 6.07 Å². The Morgan fingerprint density at radius 1 is 1.39 bits per heavy atom. The minimum Gasteiger partial charge on any atom is -0.398 e. The van der Waals surface area contributed by atoms with Crippen molar-refractivity contribution in [2.45, 2.75) is 19.5 Å². The number of hydrogen-bond donors (Lipinski definition) is 1. The first-order chi connectivity index (χ1) is 8.37. The summed E-state index contributed by atoms with van der Waals surface area (Å²) in [5.41, 5.74) is 6.44. The zero-order valence-electron chi connectivity index (χ0n) is 9.96. The Kier molecular flexibility index (Phi) is 4.43. The van der Waals surface area contributed by atoms with Gasteiger partial charge in [-0.1, -0.05) is 6.92 Å². The van der Waals surface area contributed by atoms with E-state index < -0.39 is 12.7 Å². The summed E-state index contributed by atoms with van der Waals surface area (Å²) >= 11 is 0. The fourth-order valence-electron chi connectivity index (χ4n) is 1.63. The fourth-order valence-corrected chi connectivity index (χ4v) is 1.63. The van der Waals surface area contributed by atoms with Crippen molar-refractivity contribution < 1.29 is 13.2 Å². The normalized spacial score (nSPS) is 11.1. The summed E-state index contributed by atoms with van der Waals surface area (Å²) in [6, 6.07) is 6.20. The molecule has 0 aliphatic heterocycles. The number of rotatable bonds is 4. The van der Waals surface area contributed by atoms with Crippen LogP contribution in [-0.2, 0) is 0 Å². The van der Waals surface area contributed by atoms with Gasteiger partial charge < -0.3 is 10.6 Å². The van der Waals surface area contributed by atoms with Crippen LogP contribution in [0.2, 0.25) is 0 Å². The number of halogens is 3. The van der Waals surface area contributed by atoms with Gasteiger partial charge in [0.05, 0.1) is 11.3 Å². The van der Waals surface area contributed by atoms with Crippen molar-refractivity contribution in [2.75, 3.05) is 23.7 Å². The number of anilines is 2. The summed E-state index contributed by atoms with van der Waals surface area (Å²) in [4.78, 5) is 1.21. The van der Waals surface area contributed by atoms with E-state index in [2.05, 4.69) is 0 Å². The highest BCUT2D eigenvalue weighted by Crippen LogP contribution is 2.25. The minimum atomic E-state index is -4.27. The average molecular weight is 257 g/mol. The van der Waals surface area contributed by atoms with Crippen molar-refractivity contribution in [1.29, 1.82) is 5.26 Å². The molecule has 18 heavy (non-hydrogen) atoms. The van der Waals surface area contributed by atoms with Gasteiger partial charge in [0.1, 0.15) is 12.6 Å². The standard InChI is InChI=1S/C12H14F3N3/c1-2-5-18(8-12(13,14)15)10-4-3-9(7-16)11(17)6-10/h3-4,6H,2,5,8,17H2,1H3. The first-order valence-corrected chi connectivity index (χ1v) is 5.48. The van der Waals surface area contributed by atoms with Gasteiger partial charge in [-0.3, -0.25) is 0 Å². The third kappa shape index (κ3) is 3.84. The highest BCUT2D eigenvalue weighted by Gasteiger charge is 2.30. The molecule has 1 aromatic carbocycles. The van der Waals surface area contributed by atoms with Crippen LogP contribution in [-0.4, -0.2) is 19.3 Å². The van der Waals surface area contributed by atoms with Crippen molar-refractivity contribution in [3.05, 3.63) is 23.8 Å². The Morgan fingerprint density at radius 2 is 2.06 bits per heavy atom. The van der Waals surface area contributed by atoms with E-state index in [-0.39, 0.29) is 17.8 Å². The van der Waals surface area contributed by atoms with Crippen LogP contribution in [0.1, 0.15) is 18.9 Å². The van der Waals surface area contributed by atoms with Crippen LogP contribution in [0.25, 0.3) is 0 Å². The predicted molar refractivity (Wildman–Crippen MR) is 64.1 cm³/mol. The molecule has 0 bridgehead atoms. The molecule has 0 radical (unpaired) electrons. The molecule has 0 atom stereocenters. The quantitative estimate of drug-likeness (QED) is 0.844. The van der Waals surface area contributed by atoms with E-state index in [1.165, 1.54) is 23.1 Å². The number of nitrogens with zero attached hydrogens (tertiary/aromatic N) is 2. The molecule has 1 aromatic rings. The van der Waals surface area contributed by atoms with Crippen LogP contribution in [0.3, 0.4) is 0 Å². The summed E-state index contributed by atoms with van der Waals surface area (Å²) in [6.45, 7) is 1.06. The first-order valence-electron chi connectivity index (χ1n) is 5.48. The molecule has 98 valence electrons. The van der Waals surface area contributed by atoms with Crippen molar-refractivity contribution in [3.63, 3.8) is 0 Å². The number of nitrogens with two attached hydrogens (primary N) is 1. The van der Waals surface area contributed by atoms with E-state index in [1.54, 1.807) is 6.92 Å². The minimum absolute atomic E-state index is 0.193. The maximum atomic E-state index is 12.4. The molecule has 0 aliphatic rings. The number of alkyl halides is 3. The molecule has 0 fully saturated rings. The third-order valence-electron chi connectivity index (χ3n) is 2.38. The summed E-state index contributed by atoms with van der Waals surface area (Å²) < 4.78 is 37.3. The second-order valence-electron chi connectivity index (χ2n) is 3.92. The zero-order chi connectivity index (χ0) is 13.8. The smallest absolute Gasteiger partial charge is 0.398 e.